The van der Waals surface area contributed by atoms with Crippen LogP contribution >= 0.6 is 19.5 Å². The standard InChI is InChI=1S/C18H12ClP/c19-15-9-1-2-10-16-20(17-11-5-3-6-12-17)18-13-7-4-8-14-18/h3-9,11-15H/b15-9+. The van der Waals surface area contributed by atoms with Gasteiger partial charge in [0.1, 0.15) is 0 Å². The van der Waals surface area contributed by atoms with E-state index in [1.54, 1.807) is 6.08 Å². The Morgan fingerprint density at radius 2 is 1.35 bits per heavy atom. The minimum absolute atomic E-state index is 0.692. The average molecular weight is 295 g/mol. The monoisotopic (exact) mass is 294 g/mol. The van der Waals surface area contributed by atoms with Crippen molar-refractivity contribution in [1.82, 2.24) is 0 Å². The topological polar surface area (TPSA) is 0 Å². The summed E-state index contributed by atoms with van der Waals surface area (Å²) in [5.41, 5.74) is 4.66. The van der Waals surface area contributed by atoms with Gasteiger partial charge in [-0.2, -0.15) is 0 Å². The molecule has 0 radical (unpaired) electrons. The predicted octanol–water partition coefficient (Wildman–Crippen LogP) is 3.84. The van der Waals surface area contributed by atoms with Crippen LogP contribution < -0.4 is 10.6 Å². The van der Waals surface area contributed by atoms with Gasteiger partial charge in [-0.05, 0) is 22.4 Å². The maximum atomic E-state index is 5.41. The summed E-state index contributed by atoms with van der Waals surface area (Å²) in [5.74, 6) is 8.48. The number of hydrogen-bond donors (Lipinski definition) is 0. The van der Waals surface area contributed by atoms with Gasteiger partial charge in [0.2, 0.25) is 0 Å². The van der Waals surface area contributed by atoms with Gasteiger partial charge in [0.15, 0.2) is 0 Å². The molecule has 0 saturated carbocycles. The molecular formula is C18H12ClP. The number of benzene rings is 2. The molecule has 2 aromatic rings. The van der Waals surface area contributed by atoms with Crippen molar-refractivity contribution in [2.45, 2.75) is 0 Å². The van der Waals surface area contributed by atoms with Gasteiger partial charge in [0.25, 0.3) is 0 Å². The minimum atomic E-state index is -0.692. The molecule has 0 aliphatic heterocycles. The van der Waals surface area contributed by atoms with Crippen molar-refractivity contribution in [2.75, 3.05) is 0 Å². The van der Waals surface area contributed by atoms with Crippen LogP contribution in [0.2, 0.25) is 0 Å². The van der Waals surface area contributed by atoms with Crippen molar-refractivity contribution in [3.05, 3.63) is 72.3 Å². The Hall–Kier alpha value is -1.98. The van der Waals surface area contributed by atoms with E-state index in [0.717, 1.165) is 0 Å². The van der Waals surface area contributed by atoms with E-state index in [2.05, 4.69) is 47.7 Å². The number of rotatable bonds is 2. The van der Waals surface area contributed by atoms with E-state index in [1.807, 2.05) is 36.4 Å². The van der Waals surface area contributed by atoms with Gasteiger partial charge in [-0.3, -0.25) is 0 Å². The van der Waals surface area contributed by atoms with Crippen molar-refractivity contribution in [3.63, 3.8) is 0 Å². The fourth-order valence-electron chi connectivity index (χ4n) is 1.63. The first-order chi connectivity index (χ1) is 9.92. The molecule has 20 heavy (non-hydrogen) atoms. The highest BCUT2D eigenvalue weighted by atomic mass is 35.5. The molecule has 0 nitrogen and oxygen atoms in total. The fourth-order valence-corrected chi connectivity index (χ4v) is 3.35. The van der Waals surface area contributed by atoms with E-state index >= 15 is 0 Å². The van der Waals surface area contributed by atoms with Crippen molar-refractivity contribution in [3.8, 4) is 23.4 Å². The summed E-state index contributed by atoms with van der Waals surface area (Å²) < 4.78 is 0. The van der Waals surface area contributed by atoms with Crippen LogP contribution in [0.25, 0.3) is 0 Å². The minimum Gasteiger partial charge on any atom is -0.0923 e. The Morgan fingerprint density at radius 3 is 1.85 bits per heavy atom. The first-order valence-corrected chi connectivity index (χ1v) is 7.86. The molecule has 96 valence electrons. The van der Waals surface area contributed by atoms with Gasteiger partial charge < -0.3 is 0 Å². The molecule has 0 saturated heterocycles. The quantitative estimate of drug-likeness (QED) is 0.583. The molecule has 0 N–H and O–H groups in total. The second kappa shape index (κ2) is 8.24. The molecule has 0 unspecified atom stereocenters. The Balaban J connectivity index is 2.34. The summed E-state index contributed by atoms with van der Waals surface area (Å²) in [6.07, 6.45) is 1.57. The molecule has 2 aromatic carbocycles. The molecule has 0 aromatic heterocycles. The SMILES string of the molecule is Cl/C=C/C#CC#CP(c1ccccc1)c1ccccc1. The summed E-state index contributed by atoms with van der Waals surface area (Å²) in [4.78, 5) is 0. The second-order valence-corrected chi connectivity index (χ2v) is 5.98. The molecule has 0 spiro atoms. The Labute approximate surface area is 126 Å². The summed E-state index contributed by atoms with van der Waals surface area (Å²) in [7, 11) is -0.692. The summed E-state index contributed by atoms with van der Waals surface area (Å²) in [6, 6.07) is 20.6. The van der Waals surface area contributed by atoms with E-state index < -0.39 is 7.92 Å². The highest BCUT2D eigenvalue weighted by molar-refractivity contribution is 7.77. The zero-order valence-electron chi connectivity index (χ0n) is 10.8. The van der Waals surface area contributed by atoms with Gasteiger partial charge in [0.05, 0.1) is 0 Å². The van der Waals surface area contributed by atoms with Crippen LogP contribution in [-0.4, -0.2) is 0 Å². The maximum absolute atomic E-state index is 5.41. The predicted molar refractivity (Wildman–Crippen MR) is 89.6 cm³/mol. The highest BCUT2D eigenvalue weighted by Crippen LogP contribution is 2.31. The van der Waals surface area contributed by atoms with Crippen molar-refractivity contribution >= 4 is 30.1 Å². The zero-order chi connectivity index (χ0) is 14.0. The van der Waals surface area contributed by atoms with Gasteiger partial charge in [-0.1, -0.05) is 83.8 Å². The molecule has 2 rings (SSSR count). The average Bonchev–Trinajstić information content (AvgIpc) is 2.53. The van der Waals surface area contributed by atoms with E-state index in [-0.39, 0.29) is 0 Å². The van der Waals surface area contributed by atoms with Crippen LogP contribution in [0.15, 0.2) is 72.3 Å². The van der Waals surface area contributed by atoms with Crippen LogP contribution in [0, 0.1) is 23.4 Å². The van der Waals surface area contributed by atoms with Crippen LogP contribution in [0.4, 0.5) is 0 Å². The van der Waals surface area contributed by atoms with E-state index in [4.69, 9.17) is 11.6 Å². The zero-order valence-corrected chi connectivity index (χ0v) is 12.4. The highest BCUT2D eigenvalue weighted by Gasteiger charge is 2.09. The molecule has 0 bridgehead atoms. The van der Waals surface area contributed by atoms with Crippen molar-refractivity contribution in [1.29, 1.82) is 0 Å². The molecule has 0 aliphatic rings. The Kier molecular flexibility index (Phi) is 5.95. The molecule has 2 heteroatoms. The first kappa shape index (κ1) is 14.4. The lowest BCUT2D eigenvalue weighted by molar-refractivity contribution is 1.76. The molecule has 0 amide bonds. The third-order valence-electron chi connectivity index (χ3n) is 2.48. The molecule has 0 heterocycles. The van der Waals surface area contributed by atoms with E-state index in [0.29, 0.717) is 0 Å². The van der Waals surface area contributed by atoms with Crippen molar-refractivity contribution < 1.29 is 0 Å². The Bertz CT molecular complexity index is 643. The number of allylic oxidation sites excluding steroid dienone is 1. The molecular weight excluding hydrogens is 283 g/mol. The Morgan fingerprint density at radius 1 is 0.800 bits per heavy atom. The molecule has 0 atom stereocenters. The van der Waals surface area contributed by atoms with E-state index in [9.17, 15) is 0 Å². The largest absolute Gasteiger partial charge is 0.0923 e. The van der Waals surface area contributed by atoms with Crippen LogP contribution in [0.5, 0.6) is 0 Å². The van der Waals surface area contributed by atoms with Gasteiger partial charge in [0, 0.05) is 19.5 Å². The normalized spacial score (nSPS) is 9.70. The summed E-state index contributed by atoms with van der Waals surface area (Å²) in [6.45, 7) is 0. The number of hydrogen-bond acceptors (Lipinski definition) is 0. The lowest BCUT2D eigenvalue weighted by Gasteiger charge is -2.10. The first-order valence-electron chi connectivity index (χ1n) is 6.08. The van der Waals surface area contributed by atoms with Crippen molar-refractivity contribution in [2.24, 2.45) is 0 Å². The lowest BCUT2D eigenvalue weighted by Crippen LogP contribution is -2.09. The van der Waals surface area contributed by atoms with Gasteiger partial charge >= 0.3 is 0 Å². The van der Waals surface area contributed by atoms with Gasteiger partial charge in [-0.15, -0.1) is 0 Å². The number of halogens is 1. The third kappa shape index (κ3) is 4.29. The third-order valence-corrected chi connectivity index (χ3v) is 4.57. The van der Waals surface area contributed by atoms with Crippen LogP contribution in [0.3, 0.4) is 0 Å². The summed E-state index contributed by atoms with van der Waals surface area (Å²) >= 11 is 5.41. The van der Waals surface area contributed by atoms with Crippen LogP contribution in [0.1, 0.15) is 0 Å². The van der Waals surface area contributed by atoms with E-state index in [1.165, 1.54) is 16.1 Å². The summed E-state index contributed by atoms with van der Waals surface area (Å²) in [5, 5.41) is 2.46. The van der Waals surface area contributed by atoms with Gasteiger partial charge in [-0.25, -0.2) is 0 Å². The smallest absolute Gasteiger partial charge is 0.0355 e. The maximum Gasteiger partial charge on any atom is 0.0355 e. The fraction of sp³-hybridized carbons (Fsp3) is 0. The molecule has 0 fully saturated rings. The van der Waals surface area contributed by atoms with Crippen LogP contribution in [-0.2, 0) is 0 Å². The molecule has 0 aliphatic carbocycles. The lowest BCUT2D eigenvalue weighted by atomic mass is 10.4. The second-order valence-electron chi connectivity index (χ2n) is 3.81.